The molecule has 0 saturated carbocycles. The third kappa shape index (κ3) is 9.33. The first-order valence-corrected chi connectivity index (χ1v) is 27.6. The number of rotatable bonds is 12. The van der Waals surface area contributed by atoms with Crippen LogP contribution in [0.5, 0.6) is 34.5 Å². The zero-order chi connectivity index (χ0) is 57.8. The normalized spacial score (nSPS) is 29.5. The van der Waals surface area contributed by atoms with E-state index in [0.29, 0.717) is 0 Å². The van der Waals surface area contributed by atoms with Crippen LogP contribution in [0.1, 0.15) is 152 Å². The topological polar surface area (TPSA) is 361 Å². The lowest BCUT2D eigenvalue weighted by atomic mass is 9.72. The molecule has 4 aromatic carbocycles. The highest BCUT2D eigenvalue weighted by atomic mass is 79.9. The number of aromatic hydroxyl groups is 4. The average Bonchev–Trinajstić information content (AvgIpc) is 3.53. The van der Waals surface area contributed by atoms with Crippen LogP contribution in [-0.4, -0.2) is 153 Å². The van der Waals surface area contributed by atoms with Crippen molar-refractivity contribution < 1.29 is 103 Å². The predicted molar refractivity (Wildman–Crippen MR) is 280 cm³/mol. The van der Waals surface area contributed by atoms with Crippen LogP contribution in [0.15, 0.2) is 36.4 Å². The number of aliphatic hydroxyl groups excluding tert-OH is 2. The largest absolute Gasteiger partial charge is 0.507 e. The molecule has 10 rings (SSSR count). The first-order chi connectivity index (χ1) is 37.8. The van der Waals surface area contributed by atoms with E-state index in [0.717, 1.165) is 13.8 Å². The maximum Gasteiger partial charge on any atom is 0.315 e. The van der Waals surface area contributed by atoms with Crippen molar-refractivity contribution in [3.63, 3.8) is 0 Å². The van der Waals surface area contributed by atoms with E-state index in [9.17, 15) is 74.4 Å². The molecule has 23 nitrogen and oxygen atoms in total. The number of fused-ring (bicyclic) bond motifs is 6. The van der Waals surface area contributed by atoms with Crippen molar-refractivity contribution in [3.8, 4) is 34.5 Å². The van der Waals surface area contributed by atoms with Gasteiger partial charge in [0.05, 0.1) is 69.9 Å². The Kier molecular flexibility index (Phi) is 15.1. The lowest BCUT2D eigenvalue weighted by molar-refractivity contribution is -0.249. The van der Waals surface area contributed by atoms with E-state index in [4.69, 9.17) is 28.4 Å². The predicted octanol–water partition coefficient (Wildman–Crippen LogP) is 3.90. The number of alkyl halides is 2. The third-order valence-electron chi connectivity index (χ3n) is 16.1. The van der Waals surface area contributed by atoms with Crippen LogP contribution in [0.25, 0.3) is 0 Å². The first kappa shape index (κ1) is 56.9. The number of benzene rings is 4. The van der Waals surface area contributed by atoms with E-state index in [2.05, 4.69) is 42.5 Å². The van der Waals surface area contributed by atoms with Crippen LogP contribution in [0.3, 0.4) is 0 Å². The minimum Gasteiger partial charge on any atom is -0.507 e. The molecule has 8 unspecified atom stereocenters. The Balaban J connectivity index is 0.889. The SMILES string of the molecule is CC(=O)[C@]1(O)Cc2c(O)c3c(c(O)c2[C@@H](OC2CC(NC(=O)NC4CC(O[C@H]5C[C@](O)(C(C)=O)Cc6c(O)c7c(c(O)c65)C(=O)c5c(OCBr)cccc5C7=O)OC(C)C4O)C(O)C(C)O2)C1)C(=O)c1c(OCBr)cccc1C3=O. The Morgan fingerprint density at radius 1 is 0.588 bits per heavy atom. The van der Waals surface area contributed by atoms with Crippen molar-refractivity contribution >= 4 is 72.6 Å². The van der Waals surface area contributed by atoms with Crippen LogP contribution in [0.2, 0.25) is 0 Å². The van der Waals surface area contributed by atoms with Crippen molar-refractivity contribution in [3.05, 3.63) is 103 Å². The van der Waals surface area contributed by atoms with Crippen LogP contribution in [-0.2, 0) is 41.4 Å². The fourth-order valence-corrected chi connectivity index (χ4v) is 12.4. The Bertz CT molecular complexity index is 3140. The Morgan fingerprint density at radius 2 is 0.950 bits per heavy atom. The second-order valence-electron chi connectivity index (χ2n) is 20.9. The molecular formula is C55H54Br2N2O21. The van der Waals surface area contributed by atoms with Crippen molar-refractivity contribution in [2.75, 3.05) is 11.0 Å². The molecule has 2 fully saturated rings. The Hall–Kier alpha value is -6.39. The number of ether oxygens (including phenoxy) is 6. The van der Waals surface area contributed by atoms with Gasteiger partial charge in [-0.15, -0.1) is 0 Å². The molecule has 25 heteroatoms. The van der Waals surface area contributed by atoms with Crippen molar-refractivity contribution in [2.45, 2.75) is 139 Å². The molecule has 2 aliphatic heterocycles. The highest BCUT2D eigenvalue weighted by molar-refractivity contribution is 9.09. The van der Waals surface area contributed by atoms with Crippen LogP contribution in [0.4, 0.5) is 4.79 Å². The van der Waals surface area contributed by atoms with Gasteiger partial charge in [-0.3, -0.25) is 28.8 Å². The smallest absolute Gasteiger partial charge is 0.315 e. The average molecular weight is 1240 g/mol. The molecule has 0 aromatic heterocycles. The number of phenolic OH excluding ortho intramolecular Hbond substituents is 4. The van der Waals surface area contributed by atoms with Crippen LogP contribution >= 0.6 is 31.9 Å². The van der Waals surface area contributed by atoms with Gasteiger partial charge in [0.1, 0.15) is 68.9 Å². The van der Waals surface area contributed by atoms with Gasteiger partial charge in [0.2, 0.25) is 11.6 Å². The lowest BCUT2D eigenvalue weighted by Gasteiger charge is -2.43. The first-order valence-electron chi connectivity index (χ1n) is 25.4. The number of hydrogen-bond donors (Lipinski definition) is 10. The molecule has 4 aliphatic carbocycles. The zero-order valence-electron chi connectivity index (χ0n) is 43.0. The van der Waals surface area contributed by atoms with Gasteiger partial charge in [-0.2, -0.15) is 0 Å². The minimum atomic E-state index is -2.23. The number of hydrogen-bond acceptors (Lipinski definition) is 21. The van der Waals surface area contributed by atoms with Gasteiger partial charge in [-0.1, -0.05) is 24.3 Å². The molecule has 80 heavy (non-hydrogen) atoms. The fraction of sp³-hybridized carbons (Fsp3) is 0.436. The van der Waals surface area contributed by atoms with Crippen LogP contribution < -0.4 is 20.1 Å². The number of phenols is 4. The summed E-state index contributed by atoms with van der Waals surface area (Å²) in [4.78, 5) is 96.6. The molecular weight excluding hydrogens is 1180 g/mol. The minimum absolute atomic E-state index is 0.0120. The van der Waals surface area contributed by atoms with Gasteiger partial charge in [-0.25, -0.2) is 4.79 Å². The molecule has 12 atom stereocenters. The number of ketones is 6. The molecule has 2 heterocycles. The molecule has 2 saturated heterocycles. The number of halogens is 2. The second kappa shape index (κ2) is 21.2. The number of carbonyl (C=O) groups excluding carboxylic acids is 7. The highest BCUT2D eigenvalue weighted by Crippen LogP contribution is 2.55. The van der Waals surface area contributed by atoms with Crippen LogP contribution in [0, 0.1) is 0 Å². The zero-order valence-corrected chi connectivity index (χ0v) is 46.2. The maximum atomic E-state index is 14.2. The summed E-state index contributed by atoms with van der Waals surface area (Å²) in [5.74, 6) is -7.98. The Morgan fingerprint density at radius 3 is 1.30 bits per heavy atom. The van der Waals surface area contributed by atoms with Crippen molar-refractivity contribution in [1.82, 2.24) is 10.6 Å². The fourth-order valence-electron chi connectivity index (χ4n) is 11.9. The van der Waals surface area contributed by atoms with Gasteiger partial charge in [0, 0.05) is 71.9 Å². The summed E-state index contributed by atoms with van der Waals surface area (Å²) >= 11 is 6.28. The summed E-state index contributed by atoms with van der Waals surface area (Å²) < 4.78 is 35.8. The summed E-state index contributed by atoms with van der Waals surface area (Å²) in [5, 5.41) is 99.1. The summed E-state index contributed by atoms with van der Waals surface area (Å²) in [6.07, 6.45) is -13.8. The van der Waals surface area contributed by atoms with Gasteiger partial charge < -0.3 is 79.9 Å². The summed E-state index contributed by atoms with van der Waals surface area (Å²) in [5.41, 5.74) is -8.39. The lowest BCUT2D eigenvalue weighted by Crippen LogP contribution is -2.61. The maximum absolute atomic E-state index is 14.2. The molecule has 4 aromatic rings. The molecule has 0 bridgehead atoms. The van der Waals surface area contributed by atoms with E-state index < -0.39 is 184 Å². The van der Waals surface area contributed by atoms with E-state index in [1.807, 2.05) is 0 Å². The quantitative estimate of drug-likeness (QED) is 0.0613. The number of urea groups is 1. The summed E-state index contributed by atoms with van der Waals surface area (Å²) in [6, 6.07) is 5.20. The molecule has 10 N–H and O–H groups in total. The van der Waals surface area contributed by atoms with Gasteiger partial charge in [-0.05, 0) is 71.7 Å². The van der Waals surface area contributed by atoms with E-state index in [1.54, 1.807) is 0 Å². The third-order valence-corrected chi connectivity index (χ3v) is 16.6. The molecule has 0 radical (unpaired) electrons. The summed E-state index contributed by atoms with van der Waals surface area (Å²) in [7, 11) is 0. The van der Waals surface area contributed by atoms with Crippen molar-refractivity contribution in [2.24, 2.45) is 0 Å². The number of nitrogens with one attached hydrogen (secondary N) is 2. The molecule has 0 spiro atoms. The summed E-state index contributed by atoms with van der Waals surface area (Å²) in [6.45, 7) is 5.12. The second-order valence-corrected chi connectivity index (χ2v) is 21.8. The number of aliphatic hydroxyl groups is 4. The van der Waals surface area contributed by atoms with Gasteiger partial charge >= 0.3 is 6.03 Å². The van der Waals surface area contributed by atoms with E-state index in [-0.39, 0.29) is 79.9 Å². The van der Waals surface area contributed by atoms with E-state index >= 15 is 0 Å². The molecule has 6 aliphatic rings. The highest BCUT2D eigenvalue weighted by Gasteiger charge is 2.52. The molecule has 2 amide bonds. The van der Waals surface area contributed by atoms with Gasteiger partial charge in [0.25, 0.3) is 0 Å². The number of carbonyl (C=O) groups is 7. The standard InChI is InChI=1S/C55H54Br2N2O21/c1-19-43(62)27(11-33(77-19)79-31-15-54(73,21(3)60)13-25-37(31)51(70)41-39(47(25)66)45(64)23-7-5-9-29(75-17-56)35(23)49(41)68)58-53(72)59-28-12-34(78-20(2)44(28)63)80-32-16-55(74,22(4)61)14-26-38(32)52(71)42-40(48(26)67)46(65)24-8-6-10-30(76-18-57)36(24)50(42)69/h5-10,19-20,27-28,31-34,43-44,62-63,66-67,70-71,73-74H,11-18H2,1-4H3,(H2,58,59,72)/t19?,20?,27?,28?,31-,32-,33?,34?,43?,44?,54-,55-/m0/s1. The molecule has 424 valence electrons. The van der Waals surface area contributed by atoms with E-state index in [1.165, 1.54) is 50.2 Å². The number of amides is 2. The monoisotopic (exact) mass is 1240 g/mol. The van der Waals surface area contributed by atoms with Crippen molar-refractivity contribution in [1.29, 1.82) is 0 Å². The van der Waals surface area contributed by atoms with Gasteiger partial charge in [0.15, 0.2) is 35.7 Å². The number of Topliss-reactive ketones (excluding diaryl/α,β-unsaturated/α-hetero) is 2. The Labute approximate surface area is 471 Å².